The second kappa shape index (κ2) is 9.64. The largest absolute Gasteiger partial charge is 0.493 e. The van der Waals surface area contributed by atoms with E-state index in [4.69, 9.17) is 18.9 Å². The van der Waals surface area contributed by atoms with Crippen molar-refractivity contribution >= 4 is 11.9 Å². The number of hydrogen-bond donors (Lipinski definition) is 1. The topological polar surface area (TPSA) is 94.5 Å². The van der Waals surface area contributed by atoms with E-state index in [0.717, 1.165) is 5.56 Å². The molecule has 0 bridgehead atoms. The van der Waals surface area contributed by atoms with Crippen LogP contribution in [-0.4, -0.2) is 70.0 Å². The van der Waals surface area contributed by atoms with Gasteiger partial charge in [-0.3, -0.25) is 9.59 Å². The number of likely N-dealkylation sites (tertiary alicyclic amines) is 1. The average molecular weight is 395 g/mol. The van der Waals surface area contributed by atoms with E-state index < -0.39 is 11.4 Å². The van der Waals surface area contributed by atoms with Crippen LogP contribution in [0.25, 0.3) is 0 Å². The number of carboxylic acids is 1. The van der Waals surface area contributed by atoms with Gasteiger partial charge in [-0.2, -0.15) is 0 Å². The Morgan fingerprint density at radius 2 is 1.82 bits per heavy atom. The van der Waals surface area contributed by atoms with Crippen molar-refractivity contribution in [1.29, 1.82) is 0 Å². The van der Waals surface area contributed by atoms with Gasteiger partial charge in [-0.15, -0.1) is 0 Å². The summed E-state index contributed by atoms with van der Waals surface area (Å²) >= 11 is 0. The van der Waals surface area contributed by atoms with E-state index in [2.05, 4.69) is 0 Å². The quantitative estimate of drug-likeness (QED) is 0.683. The number of carbonyl (C=O) groups is 2. The van der Waals surface area contributed by atoms with Gasteiger partial charge in [0.05, 0.1) is 27.9 Å². The smallest absolute Gasteiger partial charge is 0.313 e. The number of rotatable bonds is 9. The molecule has 0 spiro atoms. The summed E-state index contributed by atoms with van der Waals surface area (Å²) in [4.78, 5) is 26.2. The van der Waals surface area contributed by atoms with E-state index in [0.29, 0.717) is 43.1 Å². The molecule has 1 aliphatic rings. The Bertz CT molecular complexity index is 702. The van der Waals surface area contributed by atoms with Crippen molar-refractivity contribution in [2.45, 2.75) is 25.7 Å². The average Bonchev–Trinajstić information content (AvgIpc) is 2.71. The second-order valence-electron chi connectivity index (χ2n) is 6.93. The van der Waals surface area contributed by atoms with Crippen LogP contribution >= 0.6 is 0 Å². The Labute approximate surface area is 165 Å². The molecule has 8 heteroatoms. The van der Waals surface area contributed by atoms with Gasteiger partial charge in [-0.05, 0) is 30.9 Å². The minimum atomic E-state index is -1.04. The van der Waals surface area contributed by atoms with Gasteiger partial charge in [0.2, 0.25) is 11.7 Å². The number of carbonyl (C=O) groups excluding carboxylic acids is 1. The monoisotopic (exact) mass is 395 g/mol. The zero-order valence-electron chi connectivity index (χ0n) is 16.9. The van der Waals surface area contributed by atoms with Crippen LogP contribution in [0.1, 0.15) is 24.8 Å². The van der Waals surface area contributed by atoms with Crippen molar-refractivity contribution in [3.8, 4) is 17.2 Å². The van der Waals surface area contributed by atoms with E-state index in [1.807, 2.05) is 6.07 Å². The molecule has 1 atom stereocenters. The standard InChI is InChI=1S/C20H29NO7/c1-25-13-20(19(23)24)10-5-11-21(12-20)16(22)9-7-14-6-8-15(26-2)18(28-4)17(14)27-3/h6,8H,5,7,9-13H2,1-4H3,(H,23,24). The molecular formula is C20H29NO7. The molecule has 1 unspecified atom stereocenters. The minimum absolute atomic E-state index is 0.0849. The van der Waals surface area contributed by atoms with Crippen molar-refractivity contribution < 1.29 is 33.6 Å². The molecule has 1 aromatic rings. The maximum absolute atomic E-state index is 12.8. The molecule has 1 saturated heterocycles. The molecule has 1 heterocycles. The highest BCUT2D eigenvalue weighted by Gasteiger charge is 2.43. The molecule has 0 saturated carbocycles. The normalized spacial score (nSPS) is 19.2. The summed E-state index contributed by atoms with van der Waals surface area (Å²) in [7, 11) is 6.10. The van der Waals surface area contributed by atoms with Gasteiger partial charge in [0.15, 0.2) is 11.5 Å². The molecule has 0 aromatic heterocycles. The first kappa shape index (κ1) is 21.8. The number of methoxy groups -OCH3 is 4. The minimum Gasteiger partial charge on any atom is -0.493 e. The highest BCUT2D eigenvalue weighted by atomic mass is 16.5. The number of amides is 1. The first-order chi connectivity index (χ1) is 13.4. The highest BCUT2D eigenvalue weighted by Crippen LogP contribution is 2.40. The number of benzene rings is 1. The lowest BCUT2D eigenvalue weighted by Gasteiger charge is -2.39. The fourth-order valence-electron chi connectivity index (χ4n) is 3.73. The summed E-state index contributed by atoms with van der Waals surface area (Å²) < 4.78 is 21.2. The van der Waals surface area contributed by atoms with E-state index in [1.54, 1.807) is 25.2 Å². The number of aryl methyl sites for hydroxylation is 1. The third-order valence-corrected chi connectivity index (χ3v) is 5.20. The van der Waals surface area contributed by atoms with Crippen LogP contribution in [0.4, 0.5) is 0 Å². The SMILES string of the molecule is COCC1(C(=O)O)CCCN(C(=O)CCc2ccc(OC)c(OC)c2OC)C1. The predicted octanol–water partition coefficient (Wildman–Crippen LogP) is 1.98. The third-order valence-electron chi connectivity index (χ3n) is 5.20. The van der Waals surface area contributed by atoms with Crippen LogP contribution in [-0.2, 0) is 20.7 Å². The van der Waals surface area contributed by atoms with Crippen molar-refractivity contribution in [2.24, 2.45) is 5.41 Å². The fourth-order valence-corrected chi connectivity index (χ4v) is 3.73. The van der Waals surface area contributed by atoms with Gasteiger partial charge in [0.25, 0.3) is 0 Å². The van der Waals surface area contributed by atoms with E-state index in [1.165, 1.54) is 14.2 Å². The van der Waals surface area contributed by atoms with Crippen LogP contribution in [0.3, 0.4) is 0 Å². The summed E-state index contributed by atoms with van der Waals surface area (Å²) in [5.41, 5.74) is -0.212. The van der Waals surface area contributed by atoms with E-state index in [-0.39, 0.29) is 25.5 Å². The van der Waals surface area contributed by atoms with Crippen molar-refractivity contribution in [1.82, 2.24) is 4.90 Å². The van der Waals surface area contributed by atoms with E-state index >= 15 is 0 Å². The van der Waals surface area contributed by atoms with Crippen LogP contribution < -0.4 is 14.2 Å². The molecule has 28 heavy (non-hydrogen) atoms. The van der Waals surface area contributed by atoms with Crippen LogP contribution in [0.5, 0.6) is 17.2 Å². The van der Waals surface area contributed by atoms with Gasteiger partial charge >= 0.3 is 5.97 Å². The lowest BCUT2D eigenvalue weighted by molar-refractivity contribution is -0.159. The number of carboxylic acid groups (broad SMARTS) is 1. The number of hydrogen-bond acceptors (Lipinski definition) is 6. The van der Waals surface area contributed by atoms with Gasteiger partial charge in [-0.1, -0.05) is 6.07 Å². The molecule has 8 nitrogen and oxygen atoms in total. The maximum Gasteiger partial charge on any atom is 0.313 e. The van der Waals surface area contributed by atoms with Crippen LogP contribution in [0.15, 0.2) is 12.1 Å². The Hall–Kier alpha value is -2.48. The van der Waals surface area contributed by atoms with Gasteiger partial charge in [0.1, 0.15) is 5.41 Å². The van der Waals surface area contributed by atoms with Crippen molar-refractivity contribution in [3.05, 3.63) is 17.7 Å². The fraction of sp³-hybridized carbons (Fsp3) is 0.600. The number of nitrogens with zero attached hydrogens (tertiary/aromatic N) is 1. The molecule has 156 valence electrons. The molecule has 1 amide bonds. The Morgan fingerprint density at radius 1 is 1.11 bits per heavy atom. The molecule has 1 fully saturated rings. The summed E-state index contributed by atoms with van der Waals surface area (Å²) in [6, 6.07) is 3.62. The Kier molecular flexibility index (Phi) is 7.51. The number of piperidine rings is 1. The lowest BCUT2D eigenvalue weighted by atomic mass is 9.80. The summed E-state index contributed by atoms with van der Waals surface area (Å²) in [6.07, 6.45) is 1.84. The molecule has 1 aromatic carbocycles. The molecule has 2 rings (SSSR count). The second-order valence-corrected chi connectivity index (χ2v) is 6.93. The Morgan fingerprint density at radius 3 is 2.39 bits per heavy atom. The van der Waals surface area contributed by atoms with Gasteiger partial charge < -0.3 is 29.0 Å². The molecule has 1 N–H and O–H groups in total. The molecular weight excluding hydrogens is 366 g/mol. The van der Waals surface area contributed by atoms with E-state index in [9.17, 15) is 14.7 Å². The lowest BCUT2D eigenvalue weighted by Crippen LogP contribution is -2.52. The predicted molar refractivity (Wildman–Crippen MR) is 102 cm³/mol. The number of ether oxygens (including phenoxy) is 4. The van der Waals surface area contributed by atoms with Crippen molar-refractivity contribution in [2.75, 3.05) is 48.1 Å². The van der Waals surface area contributed by atoms with Gasteiger partial charge in [0, 0.05) is 26.6 Å². The zero-order chi connectivity index (χ0) is 20.7. The van der Waals surface area contributed by atoms with Crippen molar-refractivity contribution in [3.63, 3.8) is 0 Å². The Balaban J connectivity index is 2.11. The molecule has 0 aliphatic carbocycles. The highest BCUT2D eigenvalue weighted by molar-refractivity contribution is 5.80. The zero-order valence-corrected chi connectivity index (χ0v) is 16.9. The third kappa shape index (κ3) is 4.49. The first-order valence-electron chi connectivity index (χ1n) is 9.20. The molecule has 0 radical (unpaired) electrons. The summed E-state index contributed by atoms with van der Waals surface area (Å²) in [5, 5.41) is 9.64. The number of aliphatic carboxylic acids is 1. The van der Waals surface area contributed by atoms with Crippen LogP contribution in [0.2, 0.25) is 0 Å². The summed E-state index contributed by atoms with van der Waals surface area (Å²) in [6.45, 7) is 0.814. The van der Waals surface area contributed by atoms with Gasteiger partial charge in [-0.25, -0.2) is 0 Å². The maximum atomic E-state index is 12.8. The molecule has 1 aliphatic heterocycles. The first-order valence-corrected chi connectivity index (χ1v) is 9.20. The van der Waals surface area contributed by atoms with Crippen LogP contribution in [0, 0.1) is 5.41 Å². The summed E-state index contributed by atoms with van der Waals surface area (Å²) in [5.74, 6) is 0.563.